The fourth-order valence-electron chi connectivity index (χ4n) is 4.34. The maximum atomic E-state index is 13.8. The van der Waals surface area contributed by atoms with Gasteiger partial charge in [-0.1, -0.05) is 78.3 Å². The predicted molar refractivity (Wildman–Crippen MR) is 158 cm³/mol. The normalized spacial score (nSPS) is 10.7. The lowest BCUT2D eigenvalue weighted by molar-refractivity contribution is 0.205. The quantitative estimate of drug-likeness (QED) is 0.202. The van der Waals surface area contributed by atoms with Gasteiger partial charge in [-0.05, 0) is 55.0 Å². The first-order valence-corrected chi connectivity index (χ1v) is 13.2. The third kappa shape index (κ3) is 6.27. The Kier molecular flexibility index (Phi) is 8.32. The molecular weight excluding hydrogens is 524 g/mol. The van der Waals surface area contributed by atoms with Crippen molar-refractivity contribution in [2.75, 3.05) is 12.4 Å². The van der Waals surface area contributed by atoms with Gasteiger partial charge in [0.05, 0.1) is 36.3 Å². The highest BCUT2D eigenvalue weighted by Gasteiger charge is 2.25. The van der Waals surface area contributed by atoms with Crippen LogP contribution >= 0.6 is 11.6 Å². The summed E-state index contributed by atoms with van der Waals surface area (Å²) in [7, 11) is 1.58. The lowest BCUT2D eigenvalue weighted by Gasteiger charge is -2.24. The van der Waals surface area contributed by atoms with Crippen LogP contribution in [0.15, 0.2) is 109 Å². The average Bonchev–Trinajstić information content (AvgIpc) is 3.28. The summed E-state index contributed by atoms with van der Waals surface area (Å²) in [6.45, 7) is 2.52. The van der Waals surface area contributed by atoms with Crippen molar-refractivity contribution < 1.29 is 14.3 Å². The molecule has 7 nitrogen and oxygen atoms in total. The van der Waals surface area contributed by atoms with Gasteiger partial charge in [-0.15, -0.1) is 0 Å². The van der Waals surface area contributed by atoms with Gasteiger partial charge in [0.2, 0.25) is 5.88 Å². The number of halogens is 1. The largest absolute Gasteiger partial charge is 0.495 e. The zero-order chi connectivity index (χ0) is 27.9. The highest BCUT2D eigenvalue weighted by molar-refractivity contribution is 6.30. The topological polar surface area (TPSA) is 68.6 Å². The fourth-order valence-corrected chi connectivity index (χ4v) is 4.53. The number of anilines is 1. The van der Waals surface area contributed by atoms with Crippen molar-refractivity contribution >= 4 is 23.3 Å². The molecule has 0 bridgehead atoms. The van der Waals surface area contributed by atoms with Crippen LogP contribution in [0.2, 0.25) is 5.02 Å². The van der Waals surface area contributed by atoms with Crippen LogP contribution in [0.4, 0.5) is 10.5 Å². The molecule has 4 aromatic carbocycles. The number of aromatic nitrogens is 2. The molecule has 0 unspecified atom stereocenters. The Morgan fingerprint density at radius 3 is 2.33 bits per heavy atom. The van der Waals surface area contributed by atoms with Crippen LogP contribution in [0, 0.1) is 6.92 Å². The number of ether oxygens (including phenoxy) is 2. The van der Waals surface area contributed by atoms with E-state index in [0.29, 0.717) is 34.6 Å². The van der Waals surface area contributed by atoms with E-state index in [2.05, 4.69) is 5.32 Å². The molecule has 0 atom stereocenters. The molecule has 202 valence electrons. The number of hydrogen-bond donors (Lipinski definition) is 1. The van der Waals surface area contributed by atoms with E-state index in [-0.39, 0.29) is 12.6 Å². The van der Waals surface area contributed by atoms with Gasteiger partial charge in [-0.2, -0.15) is 5.10 Å². The molecule has 0 aliphatic heterocycles. The van der Waals surface area contributed by atoms with Crippen LogP contribution in [-0.2, 0) is 13.1 Å². The van der Waals surface area contributed by atoms with E-state index < -0.39 is 0 Å². The Morgan fingerprint density at radius 2 is 1.60 bits per heavy atom. The van der Waals surface area contributed by atoms with E-state index in [9.17, 15) is 4.79 Å². The summed E-state index contributed by atoms with van der Waals surface area (Å²) >= 11 is 6.32. The standard InChI is InChI=1S/C32H29ClN4O3/c1-23-28(31(40-27-16-7-4-8-17-27)37(35-23)26-15-11-14-25(33)20-26)22-36(21-24-12-5-3-6-13-24)32(38)34-29-18-9-10-19-30(29)39-2/h3-20H,21-22H2,1-2H3,(H,34,38). The molecule has 0 saturated heterocycles. The Morgan fingerprint density at radius 1 is 0.900 bits per heavy atom. The van der Waals surface area contributed by atoms with E-state index in [1.54, 1.807) is 16.7 Å². The van der Waals surface area contributed by atoms with Gasteiger partial charge < -0.3 is 19.7 Å². The predicted octanol–water partition coefficient (Wildman–Crippen LogP) is 7.87. The molecular formula is C32H29ClN4O3. The van der Waals surface area contributed by atoms with E-state index in [4.69, 9.17) is 26.2 Å². The number of methoxy groups -OCH3 is 1. The zero-order valence-corrected chi connectivity index (χ0v) is 23.0. The number of carbonyl (C=O) groups excluding carboxylic acids is 1. The first-order chi connectivity index (χ1) is 19.5. The minimum atomic E-state index is -0.283. The van der Waals surface area contributed by atoms with Crippen LogP contribution in [-0.4, -0.2) is 27.8 Å². The summed E-state index contributed by atoms with van der Waals surface area (Å²) in [5.41, 5.74) is 3.83. The summed E-state index contributed by atoms with van der Waals surface area (Å²) < 4.78 is 13.6. The molecule has 0 fully saturated rings. The van der Waals surface area contributed by atoms with E-state index in [0.717, 1.165) is 22.5 Å². The number of aryl methyl sites for hydroxylation is 1. The SMILES string of the molecule is COc1ccccc1NC(=O)N(Cc1ccccc1)Cc1c(C)nn(-c2cccc(Cl)c2)c1Oc1ccccc1. The molecule has 0 saturated carbocycles. The number of carbonyl (C=O) groups is 1. The van der Waals surface area contributed by atoms with Gasteiger partial charge in [-0.3, -0.25) is 0 Å². The maximum Gasteiger partial charge on any atom is 0.322 e. The highest BCUT2D eigenvalue weighted by atomic mass is 35.5. The van der Waals surface area contributed by atoms with Crippen LogP contribution < -0.4 is 14.8 Å². The molecule has 2 amide bonds. The molecule has 0 aliphatic carbocycles. The Hall–Kier alpha value is -4.75. The van der Waals surface area contributed by atoms with Crippen molar-refractivity contribution in [2.24, 2.45) is 0 Å². The number of nitrogens with one attached hydrogen (secondary N) is 1. The smallest absolute Gasteiger partial charge is 0.322 e. The maximum absolute atomic E-state index is 13.8. The van der Waals surface area contributed by atoms with Crippen LogP contribution in [0.3, 0.4) is 0 Å². The summed E-state index contributed by atoms with van der Waals surface area (Å²) in [4.78, 5) is 15.5. The minimum absolute atomic E-state index is 0.241. The van der Waals surface area contributed by atoms with Crippen LogP contribution in [0.1, 0.15) is 16.8 Å². The number of para-hydroxylation sites is 3. The second kappa shape index (κ2) is 12.4. The number of benzene rings is 4. The monoisotopic (exact) mass is 552 g/mol. The summed E-state index contributed by atoms with van der Waals surface area (Å²) in [6, 6.07) is 33.8. The molecule has 1 heterocycles. The van der Waals surface area contributed by atoms with Gasteiger partial charge in [0.25, 0.3) is 0 Å². The van der Waals surface area contributed by atoms with E-state index in [1.165, 1.54) is 0 Å². The second-order valence-electron chi connectivity index (χ2n) is 9.15. The van der Waals surface area contributed by atoms with Crippen molar-refractivity contribution in [1.29, 1.82) is 0 Å². The van der Waals surface area contributed by atoms with Gasteiger partial charge >= 0.3 is 6.03 Å². The molecule has 0 spiro atoms. The number of rotatable bonds is 9. The van der Waals surface area contributed by atoms with Crippen molar-refractivity contribution in [3.05, 3.63) is 131 Å². The molecule has 8 heteroatoms. The molecule has 5 rings (SSSR count). The summed E-state index contributed by atoms with van der Waals surface area (Å²) in [5.74, 6) is 1.74. The number of hydrogen-bond acceptors (Lipinski definition) is 4. The third-order valence-corrected chi connectivity index (χ3v) is 6.58. The summed E-state index contributed by atoms with van der Waals surface area (Å²) in [5, 5.41) is 8.40. The molecule has 0 aliphatic rings. The molecule has 5 aromatic rings. The third-order valence-electron chi connectivity index (χ3n) is 6.35. The van der Waals surface area contributed by atoms with Crippen LogP contribution in [0.5, 0.6) is 17.4 Å². The Bertz CT molecular complexity index is 1590. The Labute approximate surface area is 238 Å². The average molecular weight is 553 g/mol. The Balaban J connectivity index is 1.55. The first kappa shape index (κ1) is 26.8. The van der Waals surface area contributed by atoms with E-state index in [1.807, 2.05) is 116 Å². The van der Waals surface area contributed by atoms with Crippen molar-refractivity contribution in [3.8, 4) is 23.1 Å². The van der Waals surface area contributed by atoms with Crippen molar-refractivity contribution in [2.45, 2.75) is 20.0 Å². The van der Waals surface area contributed by atoms with Gasteiger partial charge in [0.1, 0.15) is 11.5 Å². The number of nitrogens with zero attached hydrogens (tertiary/aromatic N) is 3. The van der Waals surface area contributed by atoms with E-state index >= 15 is 0 Å². The minimum Gasteiger partial charge on any atom is -0.495 e. The lowest BCUT2D eigenvalue weighted by atomic mass is 10.2. The highest BCUT2D eigenvalue weighted by Crippen LogP contribution is 2.33. The van der Waals surface area contributed by atoms with Gasteiger partial charge in [0.15, 0.2) is 0 Å². The molecule has 1 N–H and O–H groups in total. The fraction of sp³-hybridized carbons (Fsp3) is 0.125. The summed E-state index contributed by atoms with van der Waals surface area (Å²) in [6.07, 6.45) is 0. The molecule has 40 heavy (non-hydrogen) atoms. The van der Waals surface area contributed by atoms with Crippen LogP contribution in [0.25, 0.3) is 5.69 Å². The lowest BCUT2D eigenvalue weighted by Crippen LogP contribution is -2.34. The zero-order valence-electron chi connectivity index (χ0n) is 22.3. The van der Waals surface area contributed by atoms with Gasteiger partial charge in [0, 0.05) is 11.6 Å². The van der Waals surface area contributed by atoms with Gasteiger partial charge in [-0.25, -0.2) is 9.48 Å². The second-order valence-corrected chi connectivity index (χ2v) is 9.58. The molecule has 1 aromatic heterocycles. The number of amides is 2. The number of urea groups is 1. The van der Waals surface area contributed by atoms with Crippen molar-refractivity contribution in [3.63, 3.8) is 0 Å². The first-order valence-electron chi connectivity index (χ1n) is 12.8. The molecule has 0 radical (unpaired) electrons. The van der Waals surface area contributed by atoms with Crippen molar-refractivity contribution in [1.82, 2.24) is 14.7 Å².